The zero-order valence-electron chi connectivity index (χ0n) is 17.1. The zero-order valence-corrected chi connectivity index (χ0v) is 22.6. The van der Waals surface area contributed by atoms with E-state index in [1.165, 1.54) is 10.6 Å². The minimum Gasteiger partial charge on any atom is -0.451 e. The van der Waals surface area contributed by atoms with Crippen LogP contribution in [-0.4, -0.2) is 40.5 Å². The summed E-state index contributed by atoms with van der Waals surface area (Å²) in [5, 5.41) is 5.54. The van der Waals surface area contributed by atoms with Crippen molar-refractivity contribution in [3.8, 4) is 18.2 Å². The number of anilines is 1. The molecule has 3 aromatic rings. The Hall–Kier alpha value is -2.65. The van der Waals surface area contributed by atoms with Crippen LogP contribution in [0.25, 0.3) is 5.82 Å². The van der Waals surface area contributed by atoms with Crippen molar-refractivity contribution in [2.75, 3.05) is 18.5 Å². The maximum atomic E-state index is 13.2. The molecule has 0 saturated heterocycles. The van der Waals surface area contributed by atoms with Gasteiger partial charge in [0.15, 0.2) is 12.4 Å². The van der Waals surface area contributed by atoms with Gasteiger partial charge >= 0.3 is 5.97 Å². The number of nitrogens with one attached hydrogen (secondary N) is 2. The molecule has 2 amide bonds. The van der Waals surface area contributed by atoms with Gasteiger partial charge in [-0.3, -0.25) is 19.0 Å². The summed E-state index contributed by atoms with van der Waals surface area (Å²) >= 11 is 16.3. The van der Waals surface area contributed by atoms with Gasteiger partial charge in [0.2, 0.25) is 0 Å². The second-order valence-corrected chi connectivity index (χ2v) is 9.63. The van der Waals surface area contributed by atoms with Crippen LogP contribution in [0.4, 0.5) is 5.69 Å². The van der Waals surface area contributed by atoms with Gasteiger partial charge in [-0.2, -0.15) is 0 Å². The first-order valence-corrected chi connectivity index (χ1v) is 12.1. The first kappa shape index (κ1) is 26.0. The van der Waals surface area contributed by atoms with Gasteiger partial charge in [0.1, 0.15) is 12.2 Å². The number of benzene rings is 1. The topological polar surface area (TPSA) is 102 Å². The number of aromatic nitrogens is 2. The molecule has 0 fully saturated rings. The third-order valence-electron chi connectivity index (χ3n) is 4.23. The third-order valence-corrected chi connectivity index (χ3v) is 6.05. The molecule has 8 nitrogen and oxygen atoms in total. The number of amides is 2. The maximum absolute atomic E-state index is 13.2. The number of esters is 1. The van der Waals surface area contributed by atoms with E-state index >= 15 is 0 Å². The Morgan fingerprint density at radius 2 is 1.91 bits per heavy atom. The van der Waals surface area contributed by atoms with E-state index in [4.69, 9.17) is 22.8 Å². The van der Waals surface area contributed by atoms with Crippen LogP contribution in [0.2, 0.25) is 5.02 Å². The molecular weight excluding hydrogens is 659 g/mol. The van der Waals surface area contributed by atoms with Crippen molar-refractivity contribution < 1.29 is 19.1 Å². The Labute approximate surface area is 224 Å². The summed E-state index contributed by atoms with van der Waals surface area (Å²) in [5.74, 6) is 0.691. The molecule has 0 unspecified atom stereocenters. The van der Waals surface area contributed by atoms with Crippen molar-refractivity contribution in [2.45, 2.75) is 0 Å². The molecule has 1 aromatic carbocycles. The highest BCUT2D eigenvalue weighted by Crippen LogP contribution is 2.32. The molecule has 0 bridgehead atoms. The molecule has 2 aromatic heterocycles. The van der Waals surface area contributed by atoms with Crippen molar-refractivity contribution in [3.63, 3.8) is 0 Å². The number of carbonyl (C=O) groups excluding carboxylic acids is 3. The molecule has 2 heterocycles. The lowest BCUT2D eigenvalue weighted by molar-refractivity contribution is -0.140. The molecule has 12 heteroatoms. The predicted octanol–water partition coefficient (Wildman–Crippen LogP) is 4.97. The first-order valence-electron chi connectivity index (χ1n) is 9.37. The highest BCUT2D eigenvalue weighted by molar-refractivity contribution is 9.11. The average Bonchev–Trinajstić information content (AvgIpc) is 3.19. The SMILES string of the molecule is C#CCOC(=O)CNC(=O)c1cc(Br)cc(Br)c1NC(=O)c1cc(Br)cn1-c1ncccc1Cl. The zero-order chi connectivity index (χ0) is 24.8. The fourth-order valence-corrected chi connectivity index (χ4v) is 4.77. The van der Waals surface area contributed by atoms with Gasteiger partial charge < -0.3 is 15.4 Å². The molecule has 174 valence electrons. The summed E-state index contributed by atoms with van der Waals surface area (Å²) in [7, 11) is 0. The van der Waals surface area contributed by atoms with Crippen molar-refractivity contribution in [2.24, 2.45) is 0 Å². The Balaban J connectivity index is 1.90. The number of terminal acetylenes is 1. The highest BCUT2D eigenvalue weighted by Gasteiger charge is 2.22. The van der Waals surface area contributed by atoms with E-state index in [0.717, 1.165) is 0 Å². The van der Waals surface area contributed by atoms with Crippen LogP contribution in [0.1, 0.15) is 20.8 Å². The molecule has 0 aliphatic heterocycles. The maximum Gasteiger partial charge on any atom is 0.326 e. The number of hydrogen-bond acceptors (Lipinski definition) is 5. The smallest absolute Gasteiger partial charge is 0.326 e. The lowest BCUT2D eigenvalue weighted by atomic mass is 10.1. The third kappa shape index (κ3) is 6.27. The molecule has 0 aliphatic carbocycles. The monoisotopic (exact) mass is 670 g/mol. The van der Waals surface area contributed by atoms with Crippen LogP contribution in [-0.2, 0) is 9.53 Å². The molecule has 2 N–H and O–H groups in total. The summed E-state index contributed by atoms with van der Waals surface area (Å²) in [5.41, 5.74) is 0.512. The van der Waals surface area contributed by atoms with E-state index in [2.05, 4.69) is 69.3 Å². The lowest BCUT2D eigenvalue weighted by Crippen LogP contribution is -2.31. The van der Waals surface area contributed by atoms with Crippen LogP contribution in [0.5, 0.6) is 0 Å². The molecule has 3 rings (SSSR count). The number of carbonyl (C=O) groups is 3. The van der Waals surface area contributed by atoms with Gasteiger partial charge in [0, 0.05) is 25.8 Å². The molecule has 0 spiro atoms. The first-order chi connectivity index (χ1) is 16.2. The van der Waals surface area contributed by atoms with Gasteiger partial charge in [-0.25, -0.2) is 4.98 Å². The Morgan fingerprint density at radius 3 is 2.62 bits per heavy atom. The minimum absolute atomic E-state index is 0.104. The van der Waals surface area contributed by atoms with Gasteiger partial charge in [-0.1, -0.05) is 33.5 Å². The fourth-order valence-electron chi connectivity index (χ4n) is 2.81. The number of ether oxygens (including phenoxy) is 1. The summed E-state index contributed by atoms with van der Waals surface area (Å²) in [4.78, 5) is 42.0. The largest absolute Gasteiger partial charge is 0.451 e. The molecule has 34 heavy (non-hydrogen) atoms. The number of halogens is 4. The van der Waals surface area contributed by atoms with Gasteiger partial charge in [0.05, 0.1) is 16.3 Å². The summed E-state index contributed by atoms with van der Waals surface area (Å²) in [6.45, 7) is -0.597. The van der Waals surface area contributed by atoms with E-state index in [9.17, 15) is 14.4 Å². The predicted molar refractivity (Wildman–Crippen MR) is 138 cm³/mol. The number of rotatable bonds is 7. The number of pyridine rings is 1. The van der Waals surface area contributed by atoms with E-state index in [0.29, 0.717) is 24.3 Å². The summed E-state index contributed by atoms with van der Waals surface area (Å²) < 4.78 is 7.90. The lowest BCUT2D eigenvalue weighted by Gasteiger charge is -2.15. The van der Waals surface area contributed by atoms with Crippen molar-refractivity contribution in [1.29, 1.82) is 0 Å². The minimum atomic E-state index is -0.694. The van der Waals surface area contributed by atoms with Crippen LogP contribution >= 0.6 is 59.4 Å². The molecule has 0 aliphatic rings. The van der Waals surface area contributed by atoms with E-state index in [-0.39, 0.29) is 23.6 Å². The summed E-state index contributed by atoms with van der Waals surface area (Å²) in [6, 6.07) is 8.09. The van der Waals surface area contributed by atoms with Crippen LogP contribution < -0.4 is 10.6 Å². The average molecular weight is 674 g/mol. The van der Waals surface area contributed by atoms with Gasteiger partial charge in [-0.15, -0.1) is 6.42 Å². The van der Waals surface area contributed by atoms with Crippen molar-refractivity contribution >= 4 is 82.9 Å². The Kier molecular flexibility index (Phi) is 8.90. The fraction of sp³-hybridized carbons (Fsp3) is 0.0909. The van der Waals surface area contributed by atoms with Crippen LogP contribution in [0.3, 0.4) is 0 Å². The van der Waals surface area contributed by atoms with Crippen LogP contribution in [0.15, 0.2) is 56.1 Å². The van der Waals surface area contributed by atoms with E-state index < -0.39 is 24.3 Å². The van der Waals surface area contributed by atoms with Crippen LogP contribution in [0, 0.1) is 12.3 Å². The Bertz CT molecular complexity index is 1320. The quantitative estimate of drug-likeness (QED) is 0.273. The van der Waals surface area contributed by atoms with Gasteiger partial charge in [0.25, 0.3) is 11.8 Å². The van der Waals surface area contributed by atoms with Crippen molar-refractivity contribution in [3.05, 3.63) is 72.4 Å². The standard InChI is InChI=1S/C22H14Br3ClN4O4/c1-2-6-34-18(31)10-28-21(32)14-7-12(23)8-15(25)19(14)29-22(33)17-9-13(24)11-30(17)20-16(26)4-3-5-27-20/h1,3-5,7-9,11H,6,10H2,(H,28,32)(H,29,33). The number of nitrogens with zero attached hydrogens (tertiary/aromatic N) is 2. The Morgan fingerprint density at radius 1 is 1.15 bits per heavy atom. The summed E-state index contributed by atoms with van der Waals surface area (Å²) in [6.07, 6.45) is 8.25. The highest BCUT2D eigenvalue weighted by atomic mass is 79.9. The van der Waals surface area contributed by atoms with Crippen molar-refractivity contribution in [1.82, 2.24) is 14.9 Å². The van der Waals surface area contributed by atoms with E-state index in [1.807, 2.05) is 0 Å². The molecular formula is C22H14Br3ClN4O4. The molecule has 0 saturated carbocycles. The molecule has 0 atom stereocenters. The second kappa shape index (κ2) is 11.7. The van der Waals surface area contributed by atoms with E-state index in [1.54, 1.807) is 36.7 Å². The normalized spacial score (nSPS) is 10.3. The second-order valence-electron chi connectivity index (χ2n) is 6.53. The number of hydrogen-bond donors (Lipinski definition) is 2. The van der Waals surface area contributed by atoms with Gasteiger partial charge in [-0.05, 0) is 62.2 Å². The molecule has 0 radical (unpaired) electrons.